The minimum Gasteiger partial charge on any atom is -0.396 e. The van der Waals surface area contributed by atoms with Gasteiger partial charge in [-0.25, -0.2) is 0 Å². The quantitative estimate of drug-likeness (QED) is 0.727. The predicted molar refractivity (Wildman–Crippen MR) is 67.5 cm³/mol. The zero-order chi connectivity index (χ0) is 11.2. The number of rotatable bonds is 5. The molecular weight excluding hydrogens is 198 g/mol. The van der Waals surface area contributed by atoms with Gasteiger partial charge in [-0.1, -0.05) is 19.3 Å². The molecule has 1 aliphatic carbocycles. The minimum atomic E-state index is 0.363. The van der Waals surface area contributed by atoms with Gasteiger partial charge in [-0.05, 0) is 57.5 Å². The first-order valence-electron chi connectivity index (χ1n) is 7.26. The van der Waals surface area contributed by atoms with Crippen molar-refractivity contribution in [3.63, 3.8) is 0 Å². The molecular formula is C14H27NO. The van der Waals surface area contributed by atoms with Crippen LogP contribution in [0.1, 0.15) is 57.8 Å². The highest BCUT2D eigenvalue weighted by atomic mass is 16.2. The van der Waals surface area contributed by atoms with Crippen molar-refractivity contribution in [3.8, 4) is 0 Å². The van der Waals surface area contributed by atoms with Crippen LogP contribution in [-0.2, 0) is 0 Å². The lowest BCUT2D eigenvalue weighted by atomic mass is 9.83. The summed E-state index contributed by atoms with van der Waals surface area (Å²) in [7, 11) is 0. The van der Waals surface area contributed by atoms with E-state index in [0.29, 0.717) is 6.61 Å². The molecule has 2 aliphatic rings. The van der Waals surface area contributed by atoms with Gasteiger partial charge in [-0.15, -0.1) is 0 Å². The summed E-state index contributed by atoms with van der Waals surface area (Å²) in [6.45, 7) is 2.90. The number of aliphatic hydroxyl groups excluding tert-OH is 1. The largest absolute Gasteiger partial charge is 0.396 e. The van der Waals surface area contributed by atoms with E-state index in [1.54, 1.807) is 0 Å². The average Bonchev–Trinajstić information content (AvgIpc) is 2.79. The Hall–Kier alpha value is -0.0800. The first kappa shape index (κ1) is 12.4. The van der Waals surface area contributed by atoms with Gasteiger partial charge in [-0.2, -0.15) is 0 Å². The maximum Gasteiger partial charge on any atom is 0.0431 e. The maximum absolute atomic E-state index is 8.84. The summed E-state index contributed by atoms with van der Waals surface area (Å²) in [6, 6.07) is 0.888. The molecule has 2 nitrogen and oxygen atoms in total. The van der Waals surface area contributed by atoms with Gasteiger partial charge in [0.15, 0.2) is 0 Å². The third kappa shape index (κ3) is 3.21. The molecule has 1 N–H and O–H groups in total. The Kier molecular flexibility index (Phi) is 5.11. The molecule has 0 amide bonds. The van der Waals surface area contributed by atoms with Crippen molar-refractivity contribution in [2.45, 2.75) is 63.8 Å². The van der Waals surface area contributed by atoms with Gasteiger partial charge in [0.2, 0.25) is 0 Å². The van der Waals surface area contributed by atoms with Crippen LogP contribution in [0.15, 0.2) is 0 Å². The minimum absolute atomic E-state index is 0.363. The number of likely N-dealkylation sites (tertiary alicyclic amines) is 1. The van der Waals surface area contributed by atoms with E-state index in [1.807, 2.05) is 0 Å². The molecule has 1 atom stereocenters. The lowest BCUT2D eigenvalue weighted by Gasteiger charge is -2.34. The average molecular weight is 225 g/mol. The Morgan fingerprint density at radius 2 is 1.75 bits per heavy atom. The molecule has 2 heteroatoms. The topological polar surface area (TPSA) is 23.5 Å². The van der Waals surface area contributed by atoms with Crippen LogP contribution in [0.4, 0.5) is 0 Å². The molecule has 0 aromatic rings. The van der Waals surface area contributed by atoms with E-state index in [4.69, 9.17) is 5.11 Å². The summed E-state index contributed by atoms with van der Waals surface area (Å²) in [5.41, 5.74) is 0. The van der Waals surface area contributed by atoms with Gasteiger partial charge in [-0.3, -0.25) is 0 Å². The second-order valence-electron chi connectivity index (χ2n) is 5.57. The molecule has 0 spiro atoms. The van der Waals surface area contributed by atoms with Crippen molar-refractivity contribution in [1.29, 1.82) is 0 Å². The number of unbranched alkanes of at least 4 members (excludes halogenated alkanes) is 1. The lowest BCUT2D eigenvalue weighted by molar-refractivity contribution is 0.152. The van der Waals surface area contributed by atoms with Crippen LogP contribution < -0.4 is 0 Å². The van der Waals surface area contributed by atoms with Crippen molar-refractivity contribution in [1.82, 2.24) is 4.90 Å². The fraction of sp³-hybridized carbons (Fsp3) is 1.00. The maximum atomic E-state index is 8.84. The normalized spacial score (nSPS) is 28.7. The molecule has 0 aromatic carbocycles. The Balaban J connectivity index is 1.77. The van der Waals surface area contributed by atoms with Crippen molar-refractivity contribution < 1.29 is 5.11 Å². The van der Waals surface area contributed by atoms with Crippen LogP contribution in [0, 0.1) is 5.92 Å². The van der Waals surface area contributed by atoms with Crippen LogP contribution in [0.3, 0.4) is 0 Å². The predicted octanol–water partition coefficient (Wildman–Crippen LogP) is 2.80. The second-order valence-corrected chi connectivity index (χ2v) is 5.57. The van der Waals surface area contributed by atoms with E-state index < -0.39 is 0 Å². The summed E-state index contributed by atoms with van der Waals surface area (Å²) >= 11 is 0. The van der Waals surface area contributed by atoms with E-state index >= 15 is 0 Å². The molecule has 0 radical (unpaired) electrons. The number of hydrogen-bond acceptors (Lipinski definition) is 2. The number of aliphatic hydroxyl groups is 1. The van der Waals surface area contributed by atoms with Gasteiger partial charge in [0.1, 0.15) is 0 Å². The summed E-state index contributed by atoms with van der Waals surface area (Å²) < 4.78 is 0. The van der Waals surface area contributed by atoms with Crippen molar-refractivity contribution in [2.24, 2.45) is 5.92 Å². The second kappa shape index (κ2) is 6.61. The van der Waals surface area contributed by atoms with E-state index in [0.717, 1.165) is 18.4 Å². The number of nitrogens with zero attached hydrogens (tertiary/aromatic N) is 1. The molecule has 1 heterocycles. The fourth-order valence-corrected chi connectivity index (χ4v) is 3.61. The Morgan fingerprint density at radius 1 is 0.938 bits per heavy atom. The standard InChI is InChI=1S/C14H27NO/c16-12-5-4-10-15-11-6-9-14(15)13-7-2-1-3-8-13/h13-14,16H,1-12H2. The monoisotopic (exact) mass is 225 g/mol. The van der Waals surface area contributed by atoms with Crippen LogP contribution in [-0.4, -0.2) is 35.7 Å². The third-order valence-corrected chi connectivity index (χ3v) is 4.46. The van der Waals surface area contributed by atoms with Gasteiger partial charge in [0.05, 0.1) is 0 Å². The van der Waals surface area contributed by atoms with Crippen molar-refractivity contribution in [2.75, 3.05) is 19.7 Å². The zero-order valence-corrected chi connectivity index (χ0v) is 10.5. The van der Waals surface area contributed by atoms with Crippen molar-refractivity contribution in [3.05, 3.63) is 0 Å². The van der Waals surface area contributed by atoms with Crippen LogP contribution >= 0.6 is 0 Å². The van der Waals surface area contributed by atoms with Gasteiger partial charge in [0.25, 0.3) is 0 Å². The molecule has 2 rings (SSSR count). The molecule has 1 aliphatic heterocycles. The molecule has 0 bridgehead atoms. The fourth-order valence-electron chi connectivity index (χ4n) is 3.61. The highest BCUT2D eigenvalue weighted by molar-refractivity contribution is 4.86. The molecule has 1 saturated heterocycles. The van der Waals surface area contributed by atoms with Crippen LogP contribution in [0.5, 0.6) is 0 Å². The Bertz CT molecular complexity index is 189. The Morgan fingerprint density at radius 3 is 2.50 bits per heavy atom. The summed E-state index contributed by atoms with van der Waals surface area (Å²) in [6.07, 6.45) is 12.3. The molecule has 0 aromatic heterocycles. The van der Waals surface area contributed by atoms with E-state index in [-0.39, 0.29) is 0 Å². The molecule has 16 heavy (non-hydrogen) atoms. The summed E-state index contributed by atoms with van der Waals surface area (Å²) in [4.78, 5) is 2.71. The van der Waals surface area contributed by atoms with E-state index in [1.165, 1.54) is 64.5 Å². The highest BCUT2D eigenvalue weighted by Crippen LogP contribution is 2.34. The van der Waals surface area contributed by atoms with Crippen molar-refractivity contribution >= 4 is 0 Å². The Labute approximate surface area is 100 Å². The van der Waals surface area contributed by atoms with Crippen LogP contribution in [0.2, 0.25) is 0 Å². The van der Waals surface area contributed by atoms with Gasteiger partial charge in [0, 0.05) is 12.6 Å². The van der Waals surface area contributed by atoms with Crippen LogP contribution in [0.25, 0.3) is 0 Å². The molecule has 1 unspecified atom stereocenters. The smallest absolute Gasteiger partial charge is 0.0431 e. The number of hydrogen-bond donors (Lipinski definition) is 1. The summed E-state index contributed by atoms with van der Waals surface area (Å²) in [5.74, 6) is 0.991. The third-order valence-electron chi connectivity index (χ3n) is 4.46. The molecule has 94 valence electrons. The molecule has 1 saturated carbocycles. The van der Waals surface area contributed by atoms with E-state index in [9.17, 15) is 0 Å². The first-order chi connectivity index (χ1) is 7.92. The summed E-state index contributed by atoms with van der Waals surface area (Å²) in [5, 5.41) is 8.84. The van der Waals surface area contributed by atoms with Gasteiger partial charge >= 0.3 is 0 Å². The first-order valence-corrected chi connectivity index (χ1v) is 7.26. The molecule has 2 fully saturated rings. The SMILES string of the molecule is OCCCCN1CCCC1C1CCCCC1. The zero-order valence-electron chi connectivity index (χ0n) is 10.5. The lowest BCUT2D eigenvalue weighted by Crippen LogP contribution is -2.37. The van der Waals surface area contributed by atoms with E-state index in [2.05, 4.69) is 4.90 Å². The highest BCUT2D eigenvalue weighted by Gasteiger charge is 2.31. The van der Waals surface area contributed by atoms with Gasteiger partial charge < -0.3 is 10.0 Å².